The maximum atomic E-state index is 12.2. The molecule has 1 atom stereocenters. The Morgan fingerprint density at radius 1 is 1.42 bits per heavy atom. The highest BCUT2D eigenvalue weighted by Crippen LogP contribution is 2.44. The Balaban J connectivity index is 1.52. The maximum absolute atomic E-state index is 12.2. The molecule has 2 heterocycles. The summed E-state index contributed by atoms with van der Waals surface area (Å²) in [6.07, 6.45) is 0.746. The highest BCUT2D eigenvalue weighted by Gasteiger charge is 2.34. The van der Waals surface area contributed by atoms with Crippen LogP contribution in [0.3, 0.4) is 0 Å². The molecule has 1 aromatic carbocycles. The molecule has 1 fully saturated rings. The lowest BCUT2D eigenvalue weighted by Gasteiger charge is -2.23. The zero-order valence-electron chi connectivity index (χ0n) is 14.2. The van der Waals surface area contributed by atoms with Gasteiger partial charge in [0.05, 0.1) is 17.2 Å². The summed E-state index contributed by atoms with van der Waals surface area (Å²) >= 11 is 6.90. The molecular weight excluding hydrogens is 436 g/mol. The zero-order chi connectivity index (χ0) is 18.5. The lowest BCUT2D eigenvalue weighted by Crippen LogP contribution is -2.29. The lowest BCUT2D eigenvalue weighted by molar-refractivity contribution is -0.128. The number of carbonyl (C=O) groups is 2. The minimum absolute atomic E-state index is 0.0833. The molecule has 5 nitrogen and oxygen atoms in total. The summed E-state index contributed by atoms with van der Waals surface area (Å²) < 4.78 is 6.83. The third kappa shape index (κ3) is 4.81. The van der Waals surface area contributed by atoms with Gasteiger partial charge in [0.2, 0.25) is 11.8 Å². The van der Waals surface area contributed by atoms with E-state index in [9.17, 15) is 9.59 Å². The van der Waals surface area contributed by atoms with Gasteiger partial charge in [-0.05, 0) is 45.9 Å². The molecular formula is C18H19BrN2O3S2. The van der Waals surface area contributed by atoms with Crippen molar-refractivity contribution >= 4 is 56.5 Å². The van der Waals surface area contributed by atoms with Crippen LogP contribution >= 0.6 is 39.0 Å². The molecule has 0 aliphatic carbocycles. The Morgan fingerprint density at radius 3 is 3.00 bits per heavy atom. The van der Waals surface area contributed by atoms with Gasteiger partial charge < -0.3 is 15.0 Å². The van der Waals surface area contributed by atoms with Gasteiger partial charge in [-0.2, -0.15) is 0 Å². The van der Waals surface area contributed by atoms with Gasteiger partial charge >= 0.3 is 0 Å². The van der Waals surface area contributed by atoms with Crippen molar-refractivity contribution in [1.82, 2.24) is 4.90 Å². The van der Waals surface area contributed by atoms with Crippen LogP contribution in [-0.2, 0) is 9.59 Å². The van der Waals surface area contributed by atoms with Crippen LogP contribution in [0.4, 0.5) is 5.69 Å². The summed E-state index contributed by atoms with van der Waals surface area (Å²) in [6.45, 7) is 2.64. The summed E-state index contributed by atoms with van der Waals surface area (Å²) in [7, 11) is 0. The molecule has 138 valence electrons. The SMILES string of the molecule is CC(=O)Nc1cccc(OCCCN2C(=O)CSC2c2sccc2Br)c1. The first kappa shape index (κ1) is 19.3. The first-order valence-electron chi connectivity index (χ1n) is 8.19. The first-order chi connectivity index (χ1) is 12.5. The fourth-order valence-corrected chi connectivity index (χ4v) is 5.94. The van der Waals surface area contributed by atoms with Gasteiger partial charge in [0, 0.05) is 29.7 Å². The Bertz CT molecular complexity index is 796. The van der Waals surface area contributed by atoms with Crippen molar-refractivity contribution in [2.45, 2.75) is 18.7 Å². The predicted molar refractivity (Wildman–Crippen MR) is 110 cm³/mol. The molecule has 1 aromatic heterocycles. The van der Waals surface area contributed by atoms with Crippen molar-refractivity contribution in [2.75, 3.05) is 24.2 Å². The van der Waals surface area contributed by atoms with Crippen LogP contribution in [0.25, 0.3) is 0 Å². The first-order valence-corrected chi connectivity index (χ1v) is 10.9. The fourth-order valence-electron chi connectivity index (χ4n) is 2.69. The molecule has 0 spiro atoms. The molecule has 26 heavy (non-hydrogen) atoms. The number of rotatable bonds is 7. The number of nitrogens with zero attached hydrogens (tertiary/aromatic N) is 1. The van der Waals surface area contributed by atoms with Crippen LogP contribution < -0.4 is 10.1 Å². The number of ether oxygens (including phenoxy) is 1. The van der Waals surface area contributed by atoms with Crippen LogP contribution in [-0.4, -0.2) is 35.6 Å². The van der Waals surface area contributed by atoms with Crippen molar-refractivity contribution in [2.24, 2.45) is 0 Å². The van der Waals surface area contributed by atoms with Gasteiger partial charge in [-0.1, -0.05) is 6.07 Å². The number of hydrogen-bond donors (Lipinski definition) is 1. The Morgan fingerprint density at radius 2 is 2.27 bits per heavy atom. The number of benzene rings is 1. The molecule has 0 saturated carbocycles. The van der Waals surface area contributed by atoms with Crippen LogP contribution in [0.15, 0.2) is 40.2 Å². The summed E-state index contributed by atoms with van der Waals surface area (Å²) in [5.74, 6) is 1.29. The van der Waals surface area contributed by atoms with E-state index in [1.54, 1.807) is 29.2 Å². The van der Waals surface area contributed by atoms with E-state index in [1.165, 1.54) is 11.8 Å². The number of nitrogens with one attached hydrogen (secondary N) is 1. The van der Waals surface area contributed by atoms with Crippen molar-refractivity contribution in [3.63, 3.8) is 0 Å². The number of thiophene rings is 1. The number of thioether (sulfide) groups is 1. The Kier molecular flexibility index (Phi) is 6.61. The van der Waals surface area contributed by atoms with Gasteiger partial charge in [-0.3, -0.25) is 9.59 Å². The molecule has 0 bridgehead atoms. The second-order valence-electron chi connectivity index (χ2n) is 5.79. The molecule has 1 N–H and O–H groups in total. The van der Waals surface area contributed by atoms with Gasteiger partial charge in [0.25, 0.3) is 0 Å². The van der Waals surface area contributed by atoms with E-state index in [0.717, 1.165) is 10.9 Å². The summed E-state index contributed by atoms with van der Waals surface area (Å²) in [5.41, 5.74) is 0.712. The number of anilines is 1. The van der Waals surface area contributed by atoms with E-state index in [4.69, 9.17) is 4.74 Å². The monoisotopic (exact) mass is 454 g/mol. The average molecular weight is 455 g/mol. The van der Waals surface area contributed by atoms with E-state index in [-0.39, 0.29) is 17.2 Å². The molecule has 8 heteroatoms. The molecule has 1 saturated heterocycles. The van der Waals surface area contributed by atoms with E-state index in [0.29, 0.717) is 30.3 Å². The molecule has 1 aliphatic rings. The third-order valence-corrected chi connectivity index (χ3v) is 7.10. The van der Waals surface area contributed by atoms with Gasteiger partial charge in [0.1, 0.15) is 11.1 Å². The predicted octanol–water partition coefficient (Wildman–Crippen LogP) is 4.51. The van der Waals surface area contributed by atoms with Gasteiger partial charge in [-0.25, -0.2) is 0 Å². The van der Waals surface area contributed by atoms with E-state index in [2.05, 4.69) is 21.2 Å². The van der Waals surface area contributed by atoms with Crippen molar-refractivity contribution in [3.8, 4) is 5.75 Å². The Hall–Kier alpha value is -1.51. The second kappa shape index (κ2) is 8.92. The lowest BCUT2D eigenvalue weighted by atomic mass is 10.3. The van der Waals surface area contributed by atoms with Crippen molar-refractivity contribution in [3.05, 3.63) is 45.1 Å². The molecule has 1 unspecified atom stereocenters. The summed E-state index contributed by atoms with van der Waals surface area (Å²) in [6, 6.07) is 9.33. The van der Waals surface area contributed by atoms with E-state index < -0.39 is 0 Å². The average Bonchev–Trinajstić information content (AvgIpc) is 3.17. The topological polar surface area (TPSA) is 58.6 Å². The molecule has 0 radical (unpaired) electrons. The van der Waals surface area contributed by atoms with Crippen LogP contribution in [0, 0.1) is 0 Å². The maximum Gasteiger partial charge on any atom is 0.233 e. The zero-order valence-corrected chi connectivity index (χ0v) is 17.5. The number of amides is 2. The number of carbonyl (C=O) groups excluding carboxylic acids is 2. The summed E-state index contributed by atoms with van der Waals surface area (Å²) in [4.78, 5) is 26.5. The minimum Gasteiger partial charge on any atom is -0.493 e. The van der Waals surface area contributed by atoms with Crippen molar-refractivity contribution in [1.29, 1.82) is 0 Å². The Labute approximate surface area is 169 Å². The van der Waals surface area contributed by atoms with Crippen LogP contribution in [0.2, 0.25) is 0 Å². The minimum atomic E-state index is -0.113. The summed E-state index contributed by atoms with van der Waals surface area (Å²) in [5, 5.41) is 4.85. The molecule has 2 amide bonds. The largest absolute Gasteiger partial charge is 0.493 e. The molecule has 2 aromatic rings. The standard InChI is InChI=1S/C18H19BrN2O3S2/c1-12(22)20-13-4-2-5-14(10-13)24-8-3-7-21-16(23)11-26-18(21)17-15(19)6-9-25-17/h2,4-6,9-10,18H,3,7-8,11H2,1H3,(H,20,22). The quantitative estimate of drug-likeness (QED) is 0.625. The molecule has 1 aliphatic heterocycles. The second-order valence-corrected chi connectivity index (χ2v) is 8.66. The highest BCUT2D eigenvalue weighted by atomic mass is 79.9. The van der Waals surface area contributed by atoms with E-state index in [1.807, 2.05) is 34.5 Å². The fraction of sp³-hybridized carbons (Fsp3) is 0.333. The highest BCUT2D eigenvalue weighted by molar-refractivity contribution is 9.10. The van der Waals surface area contributed by atoms with Crippen molar-refractivity contribution < 1.29 is 14.3 Å². The smallest absolute Gasteiger partial charge is 0.233 e. The third-order valence-electron chi connectivity index (χ3n) is 3.80. The van der Waals surface area contributed by atoms with Gasteiger partial charge in [0.15, 0.2) is 0 Å². The number of hydrogen-bond acceptors (Lipinski definition) is 5. The van der Waals surface area contributed by atoms with Crippen LogP contribution in [0.1, 0.15) is 23.6 Å². The number of halogens is 1. The van der Waals surface area contributed by atoms with E-state index >= 15 is 0 Å². The molecule has 3 rings (SSSR count). The normalized spacial score (nSPS) is 16.8. The van der Waals surface area contributed by atoms with Gasteiger partial charge in [-0.15, -0.1) is 23.1 Å². The van der Waals surface area contributed by atoms with Crippen LogP contribution in [0.5, 0.6) is 5.75 Å².